The zero-order valence-corrected chi connectivity index (χ0v) is 24.1. The van der Waals surface area contributed by atoms with Gasteiger partial charge in [-0.25, -0.2) is 8.42 Å². The summed E-state index contributed by atoms with van der Waals surface area (Å²) < 4.78 is 33.8. The summed E-state index contributed by atoms with van der Waals surface area (Å²) in [5.41, 5.74) is 2.10. The average molecular weight is 572 g/mol. The van der Waals surface area contributed by atoms with E-state index >= 15 is 0 Å². The molecule has 0 aromatic heterocycles. The first-order valence-electron chi connectivity index (χ1n) is 12.6. The number of hydrogen-bond acceptors (Lipinski definition) is 5. The first-order valence-corrected chi connectivity index (χ1v) is 14.4. The summed E-state index contributed by atoms with van der Waals surface area (Å²) in [5, 5.41) is 3.15. The molecule has 0 spiro atoms. The average Bonchev–Trinajstić information content (AvgIpc) is 2.93. The molecular formula is C29H34ClN3O5S. The van der Waals surface area contributed by atoms with Crippen LogP contribution in [0, 0.1) is 6.92 Å². The lowest BCUT2D eigenvalue weighted by molar-refractivity contribution is -0.139. The van der Waals surface area contributed by atoms with Crippen LogP contribution in [0.3, 0.4) is 0 Å². The topological polar surface area (TPSA) is 96.0 Å². The Morgan fingerprint density at radius 2 is 1.69 bits per heavy atom. The maximum atomic E-state index is 13.9. The van der Waals surface area contributed by atoms with Gasteiger partial charge in [-0.05, 0) is 68.3 Å². The van der Waals surface area contributed by atoms with Gasteiger partial charge < -0.3 is 15.0 Å². The second kappa shape index (κ2) is 13.5. The van der Waals surface area contributed by atoms with E-state index < -0.39 is 28.5 Å². The molecule has 0 heterocycles. The highest BCUT2D eigenvalue weighted by Gasteiger charge is 2.32. The monoisotopic (exact) mass is 571 g/mol. The molecule has 0 saturated carbocycles. The standard InChI is InChI=1S/C29H34ClN3O5S/c1-5-17-31-29(35)22(3)32(19-23-11-9-21(2)10-12-23)28(34)20-33(25-8-6-7-24(30)18-25)39(36,37)27-15-13-26(38-4)14-16-27/h6-16,18,22H,5,17,19-20H2,1-4H3,(H,31,35). The van der Waals surface area contributed by atoms with Crippen LogP contribution >= 0.6 is 11.6 Å². The summed E-state index contributed by atoms with van der Waals surface area (Å²) in [6.45, 7) is 5.60. The summed E-state index contributed by atoms with van der Waals surface area (Å²) in [6.07, 6.45) is 0.743. The van der Waals surface area contributed by atoms with Crippen LogP contribution in [0.4, 0.5) is 5.69 Å². The SMILES string of the molecule is CCCNC(=O)C(C)N(Cc1ccc(C)cc1)C(=O)CN(c1cccc(Cl)c1)S(=O)(=O)c1ccc(OC)cc1. The van der Waals surface area contributed by atoms with E-state index in [0.717, 1.165) is 21.9 Å². The van der Waals surface area contributed by atoms with Gasteiger partial charge in [-0.3, -0.25) is 13.9 Å². The summed E-state index contributed by atoms with van der Waals surface area (Å²) in [7, 11) is -2.70. The van der Waals surface area contributed by atoms with Gasteiger partial charge in [0.05, 0.1) is 17.7 Å². The first kappa shape index (κ1) is 30.0. The Hall–Kier alpha value is -3.56. The van der Waals surface area contributed by atoms with Gasteiger partial charge in [-0.1, -0.05) is 54.4 Å². The van der Waals surface area contributed by atoms with Gasteiger partial charge >= 0.3 is 0 Å². The van der Waals surface area contributed by atoms with Crippen molar-refractivity contribution in [2.24, 2.45) is 0 Å². The number of amides is 2. The summed E-state index contributed by atoms with van der Waals surface area (Å²) in [6, 6.07) is 19.0. The largest absolute Gasteiger partial charge is 0.497 e. The fraction of sp³-hybridized carbons (Fsp3) is 0.310. The summed E-state index contributed by atoms with van der Waals surface area (Å²) in [5.74, 6) is -0.355. The number of nitrogens with one attached hydrogen (secondary N) is 1. The maximum Gasteiger partial charge on any atom is 0.264 e. The van der Waals surface area contributed by atoms with Crippen LogP contribution in [-0.4, -0.2) is 51.4 Å². The molecule has 0 aliphatic heterocycles. The van der Waals surface area contributed by atoms with Crippen LogP contribution in [0.2, 0.25) is 5.02 Å². The summed E-state index contributed by atoms with van der Waals surface area (Å²) in [4.78, 5) is 28.2. The number of hydrogen-bond donors (Lipinski definition) is 1. The highest BCUT2D eigenvalue weighted by Crippen LogP contribution is 2.28. The van der Waals surface area contributed by atoms with Gasteiger partial charge in [0.1, 0.15) is 18.3 Å². The zero-order chi connectivity index (χ0) is 28.6. The second-order valence-corrected chi connectivity index (χ2v) is 11.4. The Bertz CT molecular complexity index is 1380. The third-order valence-electron chi connectivity index (χ3n) is 6.21. The number of nitrogens with zero attached hydrogens (tertiary/aromatic N) is 2. The van der Waals surface area contributed by atoms with Gasteiger partial charge in [0, 0.05) is 18.1 Å². The number of sulfonamides is 1. The van der Waals surface area contributed by atoms with Crippen molar-refractivity contribution >= 4 is 39.1 Å². The molecule has 0 aliphatic rings. The van der Waals surface area contributed by atoms with E-state index in [2.05, 4.69) is 5.32 Å². The Labute approximate surface area is 235 Å². The molecule has 3 rings (SSSR count). The highest BCUT2D eigenvalue weighted by molar-refractivity contribution is 7.92. The van der Waals surface area contributed by atoms with Crippen LogP contribution in [0.25, 0.3) is 0 Å². The molecule has 10 heteroatoms. The number of anilines is 1. The van der Waals surface area contributed by atoms with Gasteiger partial charge in [0.2, 0.25) is 11.8 Å². The van der Waals surface area contributed by atoms with Crippen LogP contribution in [0.15, 0.2) is 77.7 Å². The predicted molar refractivity (Wildman–Crippen MR) is 153 cm³/mol. The van der Waals surface area contributed by atoms with Crippen molar-refractivity contribution in [3.8, 4) is 5.75 Å². The Kier molecular flexibility index (Phi) is 10.4. The first-order chi connectivity index (χ1) is 18.6. The van der Waals surface area contributed by atoms with Crippen LogP contribution in [0.1, 0.15) is 31.4 Å². The Balaban J connectivity index is 2.01. The zero-order valence-electron chi connectivity index (χ0n) is 22.6. The van der Waals surface area contributed by atoms with Crippen molar-refractivity contribution in [2.45, 2.75) is 44.7 Å². The molecule has 8 nitrogen and oxygen atoms in total. The van der Waals surface area contributed by atoms with Gasteiger partial charge in [-0.2, -0.15) is 0 Å². The third kappa shape index (κ3) is 7.74. The van der Waals surface area contributed by atoms with E-state index in [9.17, 15) is 18.0 Å². The minimum atomic E-state index is -4.19. The molecule has 0 saturated heterocycles. The number of carbonyl (C=O) groups excluding carboxylic acids is 2. The molecular weight excluding hydrogens is 538 g/mol. The highest BCUT2D eigenvalue weighted by atomic mass is 35.5. The molecule has 0 fully saturated rings. The molecule has 0 aliphatic carbocycles. The second-order valence-electron chi connectivity index (χ2n) is 9.14. The minimum Gasteiger partial charge on any atom is -0.497 e. The lowest BCUT2D eigenvalue weighted by Gasteiger charge is -2.32. The smallest absolute Gasteiger partial charge is 0.264 e. The van der Waals surface area contributed by atoms with E-state index in [4.69, 9.17) is 16.3 Å². The van der Waals surface area contributed by atoms with Gasteiger partial charge in [0.15, 0.2) is 0 Å². The summed E-state index contributed by atoms with van der Waals surface area (Å²) >= 11 is 6.20. The van der Waals surface area contributed by atoms with Crippen LogP contribution in [0.5, 0.6) is 5.75 Å². The van der Waals surface area contributed by atoms with E-state index in [1.165, 1.54) is 42.3 Å². The molecule has 0 bridgehead atoms. The lowest BCUT2D eigenvalue weighted by atomic mass is 10.1. The van der Waals surface area contributed by atoms with Crippen molar-refractivity contribution in [1.82, 2.24) is 10.2 Å². The predicted octanol–water partition coefficient (Wildman–Crippen LogP) is 4.80. The minimum absolute atomic E-state index is 0.0186. The number of rotatable bonds is 12. The number of aryl methyl sites for hydroxylation is 1. The van der Waals surface area contributed by atoms with Crippen molar-refractivity contribution in [1.29, 1.82) is 0 Å². The van der Waals surface area contributed by atoms with Crippen molar-refractivity contribution < 1.29 is 22.7 Å². The molecule has 3 aromatic rings. The van der Waals surface area contributed by atoms with Gasteiger partial charge in [-0.15, -0.1) is 0 Å². The van der Waals surface area contributed by atoms with E-state index in [1.54, 1.807) is 25.1 Å². The number of methoxy groups -OCH3 is 1. The molecule has 2 amide bonds. The van der Waals surface area contributed by atoms with Crippen LogP contribution in [-0.2, 0) is 26.2 Å². The molecule has 208 valence electrons. The number of halogens is 1. The third-order valence-corrected chi connectivity index (χ3v) is 8.24. The molecule has 0 radical (unpaired) electrons. The molecule has 1 unspecified atom stereocenters. The fourth-order valence-corrected chi connectivity index (χ4v) is 5.49. The Morgan fingerprint density at radius 3 is 2.28 bits per heavy atom. The van der Waals surface area contributed by atoms with Crippen LogP contribution < -0.4 is 14.4 Å². The maximum absolute atomic E-state index is 13.9. The van der Waals surface area contributed by atoms with E-state index in [-0.39, 0.29) is 23.0 Å². The molecule has 39 heavy (non-hydrogen) atoms. The molecule has 1 atom stereocenters. The number of carbonyl (C=O) groups is 2. The normalized spacial score (nSPS) is 11.9. The molecule has 1 N–H and O–H groups in total. The molecule has 3 aromatic carbocycles. The lowest BCUT2D eigenvalue weighted by Crippen LogP contribution is -2.51. The number of ether oxygens (including phenoxy) is 1. The number of benzene rings is 3. The van der Waals surface area contributed by atoms with Crippen molar-refractivity contribution in [2.75, 3.05) is 24.5 Å². The van der Waals surface area contributed by atoms with E-state index in [0.29, 0.717) is 17.3 Å². The fourth-order valence-electron chi connectivity index (χ4n) is 3.90. The van der Waals surface area contributed by atoms with E-state index in [1.807, 2.05) is 38.1 Å². The van der Waals surface area contributed by atoms with Crippen molar-refractivity contribution in [3.05, 3.63) is 88.9 Å². The van der Waals surface area contributed by atoms with Gasteiger partial charge in [0.25, 0.3) is 10.0 Å². The Morgan fingerprint density at radius 1 is 1.03 bits per heavy atom. The quantitative estimate of drug-likeness (QED) is 0.337. The van der Waals surface area contributed by atoms with Crippen molar-refractivity contribution in [3.63, 3.8) is 0 Å².